The number of fused-ring (bicyclic) bond motifs is 5. The number of aliphatic hydroxyl groups excluding tert-OH is 1. The van der Waals surface area contributed by atoms with E-state index in [2.05, 4.69) is 13.8 Å². The zero-order valence-corrected chi connectivity index (χ0v) is 15.3. The number of hydrogen-bond donors (Lipinski definition) is 2. The molecular formula is C21H28O4. The molecule has 4 heteroatoms. The van der Waals surface area contributed by atoms with Gasteiger partial charge in [-0.25, -0.2) is 0 Å². The van der Waals surface area contributed by atoms with Crippen LogP contribution in [0.3, 0.4) is 0 Å². The fourth-order valence-electron chi connectivity index (χ4n) is 6.84. The molecule has 4 rings (SSSR count). The molecule has 0 heterocycles. The maximum Gasteiger partial charge on any atom is 0.178 e. The van der Waals surface area contributed by atoms with E-state index >= 15 is 0 Å². The fourth-order valence-corrected chi connectivity index (χ4v) is 6.84. The predicted molar refractivity (Wildman–Crippen MR) is 93.6 cm³/mol. The fraction of sp³-hybridized carbons (Fsp3) is 0.714. The Morgan fingerprint density at radius 2 is 1.88 bits per heavy atom. The van der Waals surface area contributed by atoms with E-state index in [-0.39, 0.29) is 28.8 Å². The minimum atomic E-state index is -1.23. The molecule has 0 radical (unpaired) electrons. The van der Waals surface area contributed by atoms with Crippen molar-refractivity contribution in [1.29, 1.82) is 0 Å². The molecule has 0 aliphatic heterocycles. The Bertz CT molecular complexity index is 707. The van der Waals surface area contributed by atoms with Crippen LogP contribution in [0.5, 0.6) is 0 Å². The molecule has 3 saturated carbocycles. The molecule has 4 aliphatic carbocycles. The first-order valence-electron chi connectivity index (χ1n) is 9.50. The van der Waals surface area contributed by atoms with Gasteiger partial charge >= 0.3 is 0 Å². The van der Waals surface area contributed by atoms with Gasteiger partial charge in [0.2, 0.25) is 0 Å². The van der Waals surface area contributed by atoms with Crippen LogP contribution in [0.25, 0.3) is 0 Å². The Hall–Kier alpha value is -1.26. The lowest BCUT2D eigenvalue weighted by Gasteiger charge is -2.58. The Kier molecular flexibility index (Phi) is 3.53. The Labute approximate surface area is 149 Å². The highest BCUT2D eigenvalue weighted by atomic mass is 16.3. The first kappa shape index (κ1) is 17.2. The summed E-state index contributed by atoms with van der Waals surface area (Å²) in [5.41, 5.74) is -1.09. The van der Waals surface area contributed by atoms with E-state index in [4.69, 9.17) is 0 Å². The Morgan fingerprint density at radius 1 is 1.20 bits per heavy atom. The normalized spacial score (nSPS) is 51.4. The predicted octanol–water partition coefficient (Wildman–Crippen LogP) is 2.59. The van der Waals surface area contributed by atoms with Gasteiger partial charge in [0.05, 0.1) is 6.10 Å². The molecule has 0 bridgehead atoms. The van der Waals surface area contributed by atoms with Crippen LogP contribution < -0.4 is 0 Å². The number of ketones is 2. The van der Waals surface area contributed by atoms with Gasteiger partial charge in [0.25, 0.3) is 0 Å². The van der Waals surface area contributed by atoms with E-state index in [9.17, 15) is 19.8 Å². The van der Waals surface area contributed by atoms with Crippen molar-refractivity contribution < 1.29 is 19.8 Å². The second kappa shape index (κ2) is 5.14. The molecule has 136 valence electrons. The highest BCUT2D eigenvalue weighted by Crippen LogP contribution is 2.67. The third kappa shape index (κ3) is 2.01. The quantitative estimate of drug-likeness (QED) is 0.767. The molecule has 0 amide bonds. The average Bonchev–Trinajstić information content (AvgIpc) is 2.83. The molecule has 0 saturated heterocycles. The van der Waals surface area contributed by atoms with E-state index in [0.29, 0.717) is 18.8 Å². The summed E-state index contributed by atoms with van der Waals surface area (Å²) in [5.74, 6) is 0.680. The third-order valence-electron chi connectivity index (χ3n) is 8.31. The number of carbonyl (C=O) groups excluding carboxylic acids is 2. The molecule has 0 aromatic heterocycles. The van der Waals surface area contributed by atoms with Crippen LogP contribution in [-0.4, -0.2) is 33.5 Å². The van der Waals surface area contributed by atoms with E-state index in [1.807, 2.05) is 6.08 Å². The zero-order valence-electron chi connectivity index (χ0n) is 15.3. The minimum absolute atomic E-state index is 0.0440. The maximum atomic E-state index is 12.2. The van der Waals surface area contributed by atoms with Crippen molar-refractivity contribution in [3.05, 3.63) is 23.8 Å². The summed E-state index contributed by atoms with van der Waals surface area (Å²) >= 11 is 0. The van der Waals surface area contributed by atoms with Crippen molar-refractivity contribution in [2.45, 2.75) is 64.6 Å². The highest BCUT2D eigenvalue weighted by Gasteiger charge is 2.66. The molecule has 0 aromatic carbocycles. The molecule has 0 spiro atoms. The number of Topliss-reactive ketones (excluding diaryl/α,β-unsaturated/α-hetero) is 1. The third-order valence-corrected chi connectivity index (χ3v) is 8.31. The van der Waals surface area contributed by atoms with Crippen LogP contribution in [0.15, 0.2) is 23.8 Å². The van der Waals surface area contributed by atoms with Crippen molar-refractivity contribution in [3.8, 4) is 0 Å². The van der Waals surface area contributed by atoms with Crippen LogP contribution in [0.2, 0.25) is 0 Å². The van der Waals surface area contributed by atoms with Gasteiger partial charge in [0, 0.05) is 10.8 Å². The molecule has 4 nitrogen and oxygen atoms in total. The van der Waals surface area contributed by atoms with E-state index in [1.54, 1.807) is 12.2 Å². The second-order valence-electron chi connectivity index (χ2n) is 9.16. The van der Waals surface area contributed by atoms with E-state index in [0.717, 1.165) is 24.8 Å². The summed E-state index contributed by atoms with van der Waals surface area (Å²) in [6.45, 7) is 5.71. The average molecular weight is 344 g/mol. The lowest BCUT2D eigenvalue weighted by molar-refractivity contribution is -0.160. The topological polar surface area (TPSA) is 74.6 Å². The summed E-state index contributed by atoms with van der Waals surface area (Å²) in [7, 11) is 0. The van der Waals surface area contributed by atoms with Crippen LogP contribution >= 0.6 is 0 Å². The first-order chi connectivity index (χ1) is 11.6. The molecule has 1 unspecified atom stereocenters. The first-order valence-corrected chi connectivity index (χ1v) is 9.50. The highest BCUT2D eigenvalue weighted by molar-refractivity contribution is 6.01. The number of allylic oxidation sites excluding steroid dienone is 3. The Morgan fingerprint density at radius 3 is 2.56 bits per heavy atom. The van der Waals surface area contributed by atoms with Gasteiger partial charge in [-0.15, -0.1) is 0 Å². The summed E-state index contributed by atoms with van der Waals surface area (Å²) in [5, 5.41) is 21.9. The van der Waals surface area contributed by atoms with Gasteiger partial charge in [-0.2, -0.15) is 0 Å². The molecule has 7 atom stereocenters. The molecule has 0 aromatic rings. The summed E-state index contributed by atoms with van der Waals surface area (Å²) in [4.78, 5) is 24.0. The molecule has 3 fully saturated rings. The number of aliphatic hydroxyl groups is 2. The summed E-state index contributed by atoms with van der Waals surface area (Å²) in [6.07, 6.45) is 8.33. The summed E-state index contributed by atoms with van der Waals surface area (Å²) < 4.78 is 0. The standard InChI is InChI=1S/C21H28O4/c1-12(22)21(25)9-6-16-14-11-18(24)17-10-13(23)4-7-19(17,2)15(14)5-8-20(16,21)3/h4,7,10,14-16,18,24-25H,5-6,8-9,11H2,1-3H3/t14-,15+,16+,18?,19-,20+,21+/m1/s1. The monoisotopic (exact) mass is 344 g/mol. The zero-order chi connectivity index (χ0) is 18.2. The smallest absolute Gasteiger partial charge is 0.178 e. The van der Waals surface area contributed by atoms with Crippen LogP contribution in [0.1, 0.15) is 52.9 Å². The van der Waals surface area contributed by atoms with Crippen molar-refractivity contribution >= 4 is 11.6 Å². The van der Waals surface area contributed by atoms with Gasteiger partial charge in [-0.05, 0) is 74.5 Å². The Balaban J connectivity index is 1.75. The SMILES string of the molecule is CC(=O)[C@@]1(O)CC[C@H]2[C@@H]3CC(O)C4=CC(=O)C=C[C@]4(C)[C@H]3CC[C@@]21C. The van der Waals surface area contributed by atoms with Gasteiger partial charge in [0.1, 0.15) is 5.60 Å². The maximum absolute atomic E-state index is 12.2. The van der Waals surface area contributed by atoms with Crippen LogP contribution in [0.4, 0.5) is 0 Å². The van der Waals surface area contributed by atoms with Crippen LogP contribution in [-0.2, 0) is 9.59 Å². The van der Waals surface area contributed by atoms with Crippen molar-refractivity contribution in [3.63, 3.8) is 0 Å². The van der Waals surface area contributed by atoms with E-state index in [1.165, 1.54) is 6.92 Å². The van der Waals surface area contributed by atoms with Gasteiger partial charge in [-0.3, -0.25) is 9.59 Å². The number of hydrogen-bond acceptors (Lipinski definition) is 4. The largest absolute Gasteiger partial charge is 0.389 e. The van der Waals surface area contributed by atoms with E-state index < -0.39 is 17.1 Å². The number of rotatable bonds is 1. The van der Waals surface area contributed by atoms with Crippen molar-refractivity contribution in [2.24, 2.45) is 28.6 Å². The lowest BCUT2D eigenvalue weighted by Crippen LogP contribution is -2.58. The van der Waals surface area contributed by atoms with Gasteiger partial charge in [0.15, 0.2) is 11.6 Å². The van der Waals surface area contributed by atoms with Crippen molar-refractivity contribution in [2.75, 3.05) is 0 Å². The summed E-state index contributed by atoms with van der Waals surface area (Å²) in [6, 6.07) is 0. The van der Waals surface area contributed by atoms with Crippen molar-refractivity contribution in [1.82, 2.24) is 0 Å². The van der Waals surface area contributed by atoms with Gasteiger partial charge < -0.3 is 10.2 Å². The molecule has 2 N–H and O–H groups in total. The number of carbonyl (C=O) groups is 2. The lowest BCUT2D eigenvalue weighted by atomic mass is 9.46. The van der Waals surface area contributed by atoms with Crippen LogP contribution in [0, 0.1) is 28.6 Å². The van der Waals surface area contributed by atoms with Gasteiger partial charge in [-0.1, -0.05) is 19.9 Å². The molecule has 4 aliphatic rings. The minimum Gasteiger partial charge on any atom is -0.389 e. The molecule has 25 heavy (non-hydrogen) atoms. The second-order valence-corrected chi connectivity index (χ2v) is 9.16. The molecular weight excluding hydrogens is 316 g/mol.